The molecule has 3 aliphatic rings. The zero-order valence-electron chi connectivity index (χ0n) is 5.45. The molecule has 10 heavy (non-hydrogen) atoms. The van der Waals surface area contributed by atoms with Crippen molar-refractivity contribution >= 4 is 11.8 Å². The standard InChI is InChI=1S/C8H7NS/c1-2-5-9-6-3-7-8(9,4-1)10-7/h1-5H,6H2. The minimum Gasteiger partial charge on any atom is -0.352 e. The highest BCUT2D eigenvalue weighted by Crippen LogP contribution is 2.64. The summed E-state index contributed by atoms with van der Waals surface area (Å²) in [7, 11) is 0. The van der Waals surface area contributed by atoms with Gasteiger partial charge in [-0.2, -0.15) is 0 Å². The normalized spacial score (nSPS) is 39.2. The van der Waals surface area contributed by atoms with Crippen LogP contribution < -0.4 is 0 Å². The van der Waals surface area contributed by atoms with Gasteiger partial charge in [0.15, 0.2) is 0 Å². The number of hydrogen-bond donors (Lipinski definition) is 0. The molecule has 0 aromatic rings. The average molecular weight is 149 g/mol. The van der Waals surface area contributed by atoms with Crippen molar-refractivity contribution in [2.45, 2.75) is 4.87 Å². The van der Waals surface area contributed by atoms with E-state index in [1.165, 1.54) is 4.91 Å². The van der Waals surface area contributed by atoms with Crippen molar-refractivity contribution in [2.24, 2.45) is 0 Å². The van der Waals surface area contributed by atoms with Crippen molar-refractivity contribution in [3.05, 3.63) is 35.4 Å². The lowest BCUT2D eigenvalue weighted by molar-refractivity contribution is 0.404. The largest absolute Gasteiger partial charge is 0.352 e. The lowest BCUT2D eigenvalue weighted by Crippen LogP contribution is -2.28. The van der Waals surface area contributed by atoms with Gasteiger partial charge in [0.05, 0.1) is 0 Å². The molecule has 1 fully saturated rings. The van der Waals surface area contributed by atoms with Gasteiger partial charge in [0.2, 0.25) is 0 Å². The molecule has 3 rings (SSSR count). The third-order valence-corrected chi connectivity index (χ3v) is 3.57. The van der Waals surface area contributed by atoms with E-state index in [-0.39, 0.29) is 0 Å². The molecule has 0 aromatic carbocycles. The summed E-state index contributed by atoms with van der Waals surface area (Å²) in [5.41, 5.74) is 0. The van der Waals surface area contributed by atoms with Crippen LogP contribution in [-0.4, -0.2) is 16.3 Å². The lowest BCUT2D eigenvalue weighted by atomic mass is 10.2. The molecule has 1 spiro atoms. The van der Waals surface area contributed by atoms with Crippen LogP contribution in [0.2, 0.25) is 0 Å². The van der Waals surface area contributed by atoms with Crippen molar-refractivity contribution in [3.63, 3.8) is 0 Å². The molecule has 3 heterocycles. The Hall–Kier alpha value is -0.630. The van der Waals surface area contributed by atoms with E-state index in [4.69, 9.17) is 0 Å². The Bertz CT molecular complexity index is 277. The topological polar surface area (TPSA) is 3.24 Å². The second-order valence-electron chi connectivity index (χ2n) is 2.72. The Kier molecular flexibility index (Phi) is 0.684. The van der Waals surface area contributed by atoms with E-state index in [0.717, 1.165) is 6.54 Å². The van der Waals surface area contributed by atoms with Crippen molar-refractivity contribution < 1.29 is 0 Å². The number of hydrogen-bond acceptors (Lipinski definition) is 2. The molecule has 0 radical (unpaired) electrons. The predicted octanol–water partition coefficient (Wildman–Crippen LogP) is 1.71. The first-order chi connectivity index (χ1) is 4.92. The summed E-state index contributed by atoms with van der Waals surface area (Å²) in [6.07, 6.45) is 11.0. The van der Waals surface area contributed by atoms with Gasteiger partial charge in [0.25, 0.3) is 0 Å². The van der Waals surface area contributed by atoms with Crippen molar-refractivity contribution in [1.29, 1.82) is 0 Å². The van der Waals surface area contributed by atoms with Gasteiger partial charge in [-0.25, -0.2) is 0 Å². The lowest BCUT2D eigenvalue weighted by Gasteiger charge is -2.23. The van der Waals surface area contributed by atoms with Crippen LogP contribution in [0.25, 0.3) is 0 Å². The Morgan fingerprint density at radius 1 is 1.50 bits per heavy atom. The van der Waals surface area contributed by atoms with Gasteiger partial charge >= 0.3 is 0 Å². The second-order valence-corrected chi connectivity index (χ2v) is 3.99. The number of nitrogens with zero attached hydrogens (tertiary/aromatic N) is 1. The molecule has 1 nitrogen and oxygen atoms in total. The first-order valence-corrected chi connectivity index (χ1v) is 4.26. The zero-order valence-corrected chi connectivity index (χ0v) is 6.27. The number of rotatable bonds is 0. The predicted molar refractivity (Wildman–Crippen MR) is 43.4 cm³/mol. The van der Waals surface area contributed by atoms with Gasteiger partial charge in [-0.3, -0.25) is 0 Å². The van der Waals surface area contributed by atoms with E-state index in [9.17, 15) is 0 Å². The van der Waals surface area contributed by atoms with Gasteiger partial charge in [0, 0.05) is 17.6 Å². The fourth-order valence-electron chi connectivity index (χ4n) is 1.57. The van der Waals surface area contributed by atoms with E-state index < -0.39 is 0 Å². The molecule has 0 aromatic heterocycles. The summed E-state index contributed by atoms with van der Waals surface area (Å²) in [5, 5.41) is 0. The van der Waals surface area contributed by atoms with Crippen LogP contribution in [0.5, 0.6) is 0 Å². The van der Waals surface area contributed by atoms with Crippen LogP contribution in [0, 0.1) is 0 Å². The van der Waals surface area contributed by atoms with E-state index in [0.29, 0.717) is 4.87 Å². The first kappa shape index (κ1) is 5.08. The van der Waals surface area contributed by atoms with E-state index >= 15 is 0 Å². The van der Waals surface area contributed by atoms with Gasteiger partial charge in [-0.05, 0) is 12.2 Å². The van der Waals surface area contributed by atoms with Crippen LogP contribution in [0.4, 0.5) is 0 Å². The maximum Gasteiger partial charge on any atom is 0.141 e. The Labute approximate surface area is 64.1 Å². The van der Waals surface area contributed by atoms with E-state index in [2.05, 4.69) is 35.4 Å². The fraction of sp³-hybridized carbons (Fsp3) is 0.250. The molecular weight excluding hydrogens is 142 g/mol. The minimum absolute atomic E-state index is 0.300. The monoisotopic (exact) mass is 149 g/mol. The summed E-state index contributed by atoms with van der Waals surface area (Å²) in [4.78, 5) is 4.20. The molecule has 0 amide bonds. The third-order valence-electron chi connectivity index (χ3n) is 2.18. The second kappa shape index (κ2) is 1.35. The SMILES string of the molecule is C1=CN2CC=C3SC32C=C1. The maximum absolute atomic E-state index is 2.37. The van der Waals surface area contributed by atoms with Crippen LogP contribution in [0.15, 0.2) is 35.4 Å². The molecule has 0 bridgehead atoms. The van der Waals surface area contributed by atoms with Crippen molar-refractivity contribution in [3.8, 4) is 0 Å². The molecule has 0 saturated carbocycles. The highest BCUT2D eigenvalue weighted by Gasteiger charge is 2.55. The number of thioether (sulfide) groups is 1. The fourth-order valence-corrected chi connectivity index (χ4v) is 2.68. The summed E-state index contributed by atoms with van der Waals surface area (Å²) in [6.45, 7) is 1.10. The van der Waals surface area contributed by atoms with E-state index in [1.54, 1.807) is 0 Å². The Balaban J connectivity index is 2.14. The van der Waals surface area contributed by atoms with Gasteiger partial charge < -0.3 is 4.90 Å². The molecule has 2 heteroatoms. The van der Waals surface area contributed by atoms with Gasteiger partial charge in [-0.15, -0.1) is 0 Å². The molecule has 0 N–H and O–H groups in total. The Morgan fingerprint density at radius 3 is 3.30 bits per heavy atom. The smallest absolute Gasteiger partial charge is 0.141 e. The molecule has 1 saturated heterocycles. The minimum atomic E-state index is 0.300. The maximum atomic E-state index is 2.37. The van der Waals surface area contributed by atoms with E-state index in [1.807, 2.05) is 11.8 Å². The summed E-state index contributed by atoms with van der Waals surface area (Å²) >= 11 is 1.96. The molecular formula is C8H7NS. The molecule has 1 atom stereocenters. The highest BCUT2D eigenvalue weighted by molar-refractivity contribution is 8.13. The van der Waals surface area contributed by atoms with Crippen molar-refractivity contribution in [2.75, 3.05) is 6.54 Å². The molecule has 1 unspecified atom stereocenters. The quantitative estimate of drug-likeness (QED) is 0.482. The summed E-state index contributed by atoms with van der Waals surface area (Å²) in [5.74, 6) is 0. The van der Waals surface area contributed by atoms with Gasteiger partial charge in [0.1, 0.15) is 4.87 Å². The van der Waals surface area contributed by atoms with Crippen molar-refractivity contribution in [1.82, 2.24) is 4.90 Å². The summed E-state index contributed by atoms with van der Waals surface area (Å²) < 4.78 is 0. The van der Waals surface area contributed by atoms with Gasteiger partial charge in [-0.1, -0.05) is 23.9 Å². The third kappa shape index (κ3) is 0.399. The number of allylic oxidation sites excluding steroid dienone is 2. The molecule has 50 valence electrons. The molecule has 0 aliphatic carbocycles. The van der Waals surface area contributed by atoms with Crippen LogP contribution in [-0.2, 0) is 0 Å². The first-order valence-electron chi connectivity index (χ1n) is 3.44. The highest BCUT2D eigenvalue weighted by atomic mass is 32.2. The van der Waals surface area contributed by atoms with Crippen LogP contribution in [0.3, 0.4) is 0 Å². The zero-order chi connectivity index (χ0) is 6.60. The molecule has 3 aliphatic heterocycles. The Morgan fingerprint density at radius 2 is 2.50 bits per heavy atom. The van der Waals surface area contributed by atoms with Crippen LogP contribution in [0.1, 0.15) is 0 Å². The van der Waals surface area contributed by atoms with Crippen LogP contribution >= 0.6 is 11.8 Å². The average Bonchev–Trinajstić information content (AvgIpc) is 2.55. The summed E-state index contributed by atoms with van der Waals surface area (Å²) in [6, 6.07) is 0.